The average molecular weight is 424 g/mol. The molecule has 3 N–H and O–H groups in total. The van der Waals surface area contributed by atoms with Gasteiger partial charge in [0.1, 0.15) is 0 Å². The van der Waals surface area contributed by atoms with Crippen molar-refractivity contribution in [3.8, 4) is 11.4 Å². The first-order valence-corrected chi connectivity index (χ1v) is 9.68. The third-order valence-electron chi connectivity index (χ3n) is 4.24. The second-order valence-electron chi connectivity index (χ2n) is 6.86. The number of rotatable bonds is 7. The van der Waals surface area contributed by atoms with Crippen LogP contribution in [0.3, 0.4) is 0 Å². The molecule has 0 spiro atoms. The zero-order chi connectivity index (χ0) is 21.7. The zero-order valence-corrected chi connectivity index (χ0v) is 17.4. The number of carbonyl (C=O) groups excluding carboxylic acids is 1. The van der Waals surface area contributed by atoms with Crippen LogP contribution in [0.5, 0.6) is 0 Å². The second kappa shape index (κ2) is 9.47. The van der Waals surface area contributed by atoms with E-state index in [-0.39, 0.29) is 12.5 Å². The summed E-state index contributed by atoms with van der Waals surface area (Å²) in [4.78, 5) is 25.4. The van der Waals surface area contributed by atoms with Gasteiger partial charge in [0.2, 0.25) is 0 Å². The van der Waals surface area contributed by atoms with E-state index in [2.05, 4.69) is 32.2 Å². The highest BCUT2D eigenvalue weighted by atomic mass is 35.5. The number of nitrogens with one attached hydrogen (secondary N) is 2. The van der Waals surface area contributed by atoms with Crippen molar-refractivity contribution in [2.24, 2.45) is 0 Å². The molecule has 0 aliphatic rings. The SMILES string of the molecule is C=C(C)c1cnc(-c2cc(Cl)ccn2)cc1Nc1ccncc1C(=O)NCC(C)O. The Labute approximate surface area is 179 Å². The van der Waals surface area contributed by atoms with Crippen molar-refractivity contribution in [1.82, 2.24) is 20.3 Å². The lowest BCUT2D eigenvalue weighted by Crippen LogP contribution is -2.31. The molecule has 0 aromatic carbocycles. The van der Waals surface area contributed by atoms with Gasteiger partial charge in [-0.25, -0.2) is 0 Å². The number of halogens is 1. The predicted molar refractivity (Wildman–Crippen MR) is 119 cm³/mol. The van der Waals surface area contributed by atoms with Crippen LogP contribution in [0, 0.1) is 0 Å². The van der Waals surface area contributed by atoms with Gasteiger partial charge in [0.05, 0.1) is 28.7 Å². The highest BCUT2D eigenvalue weighted by Crippen LogP contribution is 2.30. The molecule has 3 aromatic rings. The average Bonchev–Trinajstić information content (AvgIpc) is 2.72. The molecule has 3 heterocycles. The van der Waals surface area contributed by atoms with Crippen molar-refractivity contribution >= 4 is 34.5 Å². The quantitative estimate of drug-likeness (QED) is 0.529. The fourth-order valence-electron chi connectivity index (χ4n) is 2.75. The Morgan fingerprint density at radius 3 is 2.60 bits per heavy atom. The maximum atomic E-state index is 12.5. The molecular formula is C22H22ClN5O2. The summed E-state index contributed by atoms with van der Waals surface area (Å²) >= 11 is 6.09. The number of allylic oxidation sites excluding steroid dienone is 1. The highest BCUT2D eigenvalue weighted by Gasteiger charge is 2.15. The molecule has 0 radical (unpaired) electrons. The third-order valence-corrected chi connectivity index (χ3v) is 4.48. The summed E-state index contributed by atoms with van der Waals surface area (Å²) in [7, 11) is 0. The van der Waals surface area contributed by atoms with Gasteiger partial charge in [-0.15, -0.1) is 0 Å². The van der Waals surface area contributed by atoms with E-state index in [1.165, 1.54) is 6.20 Å². The summed E-state index contributed by atoms with van der Waals surface area (Å²) in [5.41, 5.74) is 4.49. The van der Waals surface area contributed by atoms with Crippen molar-refractivity contribution in [1.29, 1.82) is 0 Å². The first kappa shape index (κ1) is 21.4. The minimum Gasteiger partial charge on any atom is -0.392 e. The molecule has 7 nitrogen and oxygen atoms in total. The Balaban J connectivity index is 1.99. The molecule has 0 aliphatic carbocycles. The molecular weight excluding hydrogens is 402 g/mol. The lowest BCUT2D eigenvalue weighted by Gasteiger charge is -2.16. The summed E-state index contributed by atoms with van der Waals surface area (Å²) < 4.78 is 0. The third kappa shape index (κ3) is 5.20. The van der Waals surface area contributed by atoms with Crippen molar-refractivity contribution in [3.63, 3.8) is 0 Å². The van der Waals surface area contributed by atoms with Gasteiger partial charge in [-0.1, -0.05) is 18.2 Å². The van der Waals surface area contributed by atoms with Gasteiger partial charge in [0.15, 0.2) is 0 Å². The molecule has 0 fully saturated rings. The minimum atomic E-state index is -0.648. The number of hydrogen-bond acceptors (Lipinski definition) is 6. The maximum absolute atomic E-state index is 12.5. The molecule has 154 valence electrons. The van der Waals surface area contributed by atoms with Crippen LogP contribution < -0.4 is 10.6 Å². The summed E-state index contributed by atoms with van der Waals surface area (Å²) in [6.45, 7) is 7.64. The first-order chi connectivity index (χ1) is 14.3. The van der Waals surface area contributed by atoms with Gasteiger partial charge < -0.3 is 15.7 Å². The Kier molecular flexibility index (Phi) is 6.76. The van der Waals surface area contributed by atoms with Gasteiger partial charge >= 0.3 is 0 Å². The molecule has 3 aromatic heterocycles. The summed E-state index contributed by atoms with van der Waals surface area (Å²) in [6.07, 6.45) is 5.74. The monoisotopic (exact) mass is 423 g/mol. The minimum absolute atomic E-state index is 0.143. The second-order valence-corrected chi connectivity index (χ2v) is 7.30. The number of pyridine rings is 3. The van der Waals surface area contributed by atoms with Crippen LogP contribution in [0.25, 0.3) is 17.0 Å². The number of nitrogens with zero attached hydrogens (tertiary/aromatic N) is 3. The van der Waals surface area contributed by atoms with Crippen molar-refractivity contribution in [3.05, 3.63) is 71.8 Å². The summed E-state index contributed by atoms with van der Waals surface area (Å²) in [5.74, 6) is -0.339. The fraction of sp³-hybridized carbons (Fsp3) is 0.182. The van der Waals surface area contributed by atoms with Gasteiger partial charge in [0.25, 0.3) is 5.91 Å². The van der Waals surface area contributed by atoms with Gasteiger partial charge in [-0.3, -0.25) is 19.7 Å². The van der Waals surface area contributed by atoms with E-state index in [0.29, 0.717) is 33.3 Å². The maximum Gasteiger partial charge on any atom is 0.255 e. The topological polar surface area (TPSA) is 100 Å². The molecule has 3 rings (SSSR count). The molecule has 8 heteroatoms. The molecule has 0 aliphatic heterocycles. The van der Waals surface area contributed by atoms with E-state index in [9.17, 15) is 9.90 Å². The lowest BCUT2D eigenvalue weighted by molar-refractivity contribution is 0.0924. The first-order valence-electron chi connectivity index (χ1n) is 9.30. The normalized spacial score (nSPS) is 11.6. The molecule has 1 amide bonds. The van der Waals surface area contributed by atoms with E-state index in [1.54, 1.807) is 43.7 Å². The number of aliphatic hydroxyl groups is 1. The van der Waals surface area contributed by atoms with Gasteiger partial charge in [-0.2, -0.15) is 0 Å². The molecule has 0 saturated heterocycles. The molecule has 30 heavy (non-hydrogen) atoms. The number of carbonyl (C=O) groups is 1. The standard InChI is InChI=1S/C22H22ClN5O2/c1-13(2)16-12-26-21(20-8-15(23)4-7-25-20)9-19(16)28-18-5-6-24-11-17(18)22(30)27-10-14(3)29/h4-9,11-12,14,29H,1,10H2,2-3H3,(H,27,30)(H,24,26,28). The molecule has 1 atom stereocenters. The highest BCUT2D eigenvalue weighted by molar-refractivity contribution is 6.30. The smallest absolute Gasteiger partial charge is 0.255 e. The van der Waals surface area contributed by atoms with Gasteiger partial charge in [-0.05, 0) is 43.7 Å². The van der Waals surface area contributed by atoms with Gasteiger partial charge in [0, 0.05) is 47.6 Å². The predicted octanol–water partition coefficient (Wildman–Crippen LogP) is 4.08. The van der Waals surface area contributed by atoms with Crippen LogP contribution >= 0.6 is 11.6 Å². The van der Waals surface area contributed by atoms with E-state index in [1.807, 2.05) is 13.0 Å². The van der Waals surface area contributed by atoms with Crippen LogP contribution in [0.15, 0.2) is 55.6 Å². The van der Waals surface area contributed by atoms with E-state index in [4.69, 9.17) is 11.6 Å². The van der Waals surface area contributed by atoms with E-state index >= 15 is 0 Å². The Morgan fingerprint density at radius 1 is 1.13 bits per heavy atom. The Bertz CT molecular complexity index is 1080. The summed E-state index contributed by atoms with van der Waals surface area (Å²) in [5, 5.41) is 16.0. The fourth-order valence-corrected chi connectivity index (χ4v) is 2.91. The number of amides is 1. The zero-order valence-electron chi connectivity index (χ0n) is 16.7. The number of aliphatic hydroxyl groups excluding tert-OH is 1. The van der Waals surface area contributed by atoms with Crippen LogP contribution in [-0.4, -0.2) is 38.6 Å². The van der Waals surface area contributed by atoms with Crippen LogP contribution in [0.2, 0.25) is 5.02 Å². The lowest BCUT2D eigenvalue weighted by atomic mass is 10.1. The number of hydrogen-bond donors (Lipinski definition) is 3. The van der Waals surface area contributed by atoms with Crippen molar-refractivity contribution in [2.45, 2.75) is 20.0 Å². The number of aromatic nitrogens is 3. The Morgan fingerprint density at radius 2 is 1.90 bits per heavy atom. The molecule has 0 bridgehead atoms. The molecule has 0 saturated carbocycles. The van der Waals surface area contributed by atoms with E-state index < -0.39 is 6.10 Å². The van der Waals surface area contributed by atoms with Crippen LogP contribution in [0.4, 0.5) is 11.4 Å². The summed E-state index contributed by atoms with van der Waals surface area (Å²) in [6, 6.07) is 6.97. The van der Waals surface area contributed by atoms with Crippen molar-refractivity contribution in [2.75, 3.05) is 11.9 Å². The van der Waals surface area contributed by atoms with Crippen LogP contribution in [-0.2, 0) is 0 Å². The largest absolute Gasteiger partial charge is 0.392 e. The Hall–Kier alpha value is -3.29. The van der Waals surface area contributed by atoms with Crippen molar-refractivity contribution < 1.29 is 9.90 Å². The van der Waals surface area contributed by atoms with E-state index in [0.717, 1.165) is 11.1 Å². The molecule has 1 unspecified atom stereocenters. The van der Waals surface area contributed by atoms with Crippen LogP contribution in [0.1, 0.15) is 29.8 Å². The number of anilines is 2.